The number of methoxy groups -OCH3 is 1. The van der Waals surface area contributed by atoms with Gasteiger partial charge in [0.15, 0.2) is 17.4 Å². The first kappa shape index (κ1) is 10.9. The third kappa shape index (κ3) is 1.97. The molecule has 2 aromatic rings. The van der Waals surface area contributed by atoms with E-state index >= 15 is 0 Å². The molecule has 2 aromatic heterocycles. The highest BCUT2D eigenvalue weighted by atomic mass is 16.5. The molecule has 8 nitrogen and oxygen atoms in total. The van der Waals surface area contributed by atoms with Crippen LogP contribution in [0, 0.1) is 0 Å². The van der Waals surface area contributed by atoms with Crippen LogP contribution in [-0.4, -0.2) is 51.7 Å². The molecule has 94 valence electrons. The molecule has 18 heavy (non-hydrogen) atoms. The number of rotatable bonds is 4. The summed E-state index contributed by atoms with van der Waals surface area (Å²) in [5, 5.41) is 13.4. The summed E-state index contributed by atoms with van der Waals surface area (Å²) >= 11 is 0. The van der Waals surface area contributed by atoms with Crippen molar-refractivity contribution in [1.29, 1.82) is 0 Å². The van der Waals surface area contributed by atoms with Gasteiger partial charge < -0.3 is 14.8 Å². The molecule has 8 heteroatoms. The summed E-state index contributed by atoms with van der Waals surface area (Å²) in [4.78, 5) is 8.56. The largest absolute Gasteiger partial charge is 0.491 e. The van der Waals surface area contributed by atoms with Gasteiger partial charge >= 0.3 is 0 Å². The fraction of sp³-hybridized carbons (Fsp3) is 0.400. The van der Waals surface area contributed by atoms with Crippen molar-refractivity contribution < 1.29 is 9.47 Å². The zero-order valence-corrected chi connectivity index (χ0v) is 9.75. The Bertz CT molecular complexity index is 525. The predicted molar refractivity (Wildman–Crippen MR) is 62.2 cm³/mol. The lowest BCUT2D eigenvalue weighted by molar-refractivity contribution is 0.0208. The molecular weight excluding hydrogens is 236 g/mol. The molecule has 3 heterocycles. The molecule has 1 aliphatic rings. The first-order chi connectivity index (χ1) is 8.86. The Morgan fingerprint density at radius 3 is 2.94 bits per heavy atom. The number of ether oxygens (including phenoxy) is 2. The molecule has 0 aromatic carbocycles. The maximum Gasteiger partial charge on any atom is 0.184 e. The van der Waals surface area contributed by atoms with Gasteiger partial charge in [-0.05, 0) is 0 Å². The van der Waals surface area contributed by atoms with Crippen LogP contribution in [0.3, 0.4) is 0 Å². The van der Waals surface area contributed by atoms with Crippen molar-refractivity contribution in [3.63, 3.8) is 0 Å². The van der Waals surface area contributed by atoms with Crippen LogP contribution >= 0.6 is 0 Å². The summed E-state index contributed by atoms with van der Waals surface area (Å²) in [6.07, 6.45) is 3.18. The van der Waals surface area contributed by atoms with Crippen LogP contribution in [0.2, 0.25) is 0 Å². The van der Waals surface area contributed by atoms with E-state index in [0.717, 1.165) is 0 Å². The molecule has 0 aliphatic carbocycles. The summed E-state index contributed by atoms with van der Waals surface area (Å²) in [7, 11) is 1.58. The Morgan fingerprint density at radius 2 is 2.33 bits per heavy atom. The number of hydrogen-bond donors (Lipinski definition) is 2. The highest BCUT2D eigenvalue weighted by molar-refractivity contribution is 5.56. The van der Waals surface area contributed by atoms with Gasteiger partial charge in [-0.3, -0.25) is 0 Å². The van der Waals surface area contributed by atoms with Gasteiger partial charge in [0.25, 0.3) is 0 Å². The van der Waals surface area contributed by atoms with E-state index in [9.17, 15) is 0 Å². The third-order valence-corrected chi connectivity index (χ3v) is 2.60. The highest BCUT2D eigenvalue weighted by Crippen LogP contribution is 2.25. The topological polar surface area (TPSA) is 97.8 Å². The van der Waals surface area contributed by atoms with Gasteiger partial charge in [0, 0.05) is 0 Å². The van der Waals surface area contributed by atoms with Gasteiger partial charge in [0.1, 0.15) is 5.69 Å². The van der Waals surface area contributed by atoms with E-state index < -0.39 is 0 Å². The van der Waals surface area contributed by atoms with Gasteiger partial charge in [-0.15, -0.1) is 0 Å². The van der Waals surface area contributed by atoms with Crippen LogP contribution in [-0.2, 0) is 4.74 Å². The lowest BCUT2D eigenvalue weighted by atomic mass is 10.2. The normalized spacial score (nSPS) is 15.2. The summed E-state index contributed by atoms with van der Waals surface area (Å²) < 4.78 is 10.3. The standard InChI is InChI=1S/C10H12N6O2/c1-17-8-3-11-9(7-2-12-16-15-7)14-10(8)13-6-4-18-5-6/h2-3,6H,4-5H2,1H3,(H,11,13,14)(H,12,15,16). The SMILES string of the molecule is COc1cnc(-c2cn[nH]n2)nc1NC1COC1. The molecule has 3 rings (SSSR count). The van der Waals surface area contributed by atoms with Gasteiger partial charge in [-0.1, -0.05) is 0 Å². The molecule has 0 unspecified atom stereocenters. The van der Waals surface area contributed by atoms with Crippen LogP contribution in [0.15, 0.2) is 12.4 Å². The smallest absolute Gasteiger partial charge is 0.184 e. The number of hydrogen-bond acceptors (Lipinski definition) is 7. The maximum atomic E-state index is 5.21. The van der Waals surface area contributed by atoms with Crippen LogP contribution in [0.4, 0.5) is 5.82 Å². The first-order valence-corrected chi connectivity index (χ1v) is 5.48. The lowest BCUT2D eigenvalue weighted by Gasteiger charge is -2.27. The van der Waals surface area contributed by atoms with Crippen LogP contribution in [0.1, 0.15) is 0 Å². The highest BCUT2D eigenvalue weighted by Gasteiger charge is 2.21. The van der Waals surface area contributed by atoms with Crippen LogP contribution in [0.5, 0.6) is 5.75 Å². The number of nitrogens with one attached hydrogen (secondary N) is 2. The number of nitrogens with zero attached hydrogens (tertiary/aromatic N) is 4. The quantitative estimate of drug-likeness (QED) is 0.790. The molecule has 1 saturated heterocycles. The molecular formula is C10H12N6O2. The van der Waals surface area contributed by atoms with E-state index in [2.05, 4.69) is 30.7 Å². The lowest BCUT2D eigenvalue weighted by Crippen LogP contribution is -2.40. The van der Waals surface area contributed by atoms with Crippen molar-refractivity contribution in [1.82, 2.24) is 25.4 Å². The van der Waals surface area contributed by atoms with Crippen molar-refractivity contribution in [2.75, 3.05) is 25.6 Å². The van der Waals surface area contributed by atoms with Gasteiger partial charge in [-0.25, -0.2) is 9.97 Å². The van der Waals surface area contributed by atoms with E-state index in [1.165, 1.54) is 0 Å². The van der Waals surface area contributed by atoms with Crippen molar-refractivity contribution >= 4 is 5.82 Å². The Hall–Kier alpha value is -2.22. The number of H-pyrrole nitrogens is 1. The Morgan fingerprint density at radius 1 is 1.44 bits per heavy atom. The minimum atomic E-state index is 0.263. The number of anilines is 1. The molecule has 0 atom stereocenters. The van der Waals surface area contributed by atoms with Crippen LogP contribution < -0.4 is 10.1 Å². The zero-order valence-electron chi connectivity index (χ0n) is 9.75. The van der Waals surface area contributed by atoms with Crippen LogP contribution in [0.25, 0.3) is 11.5 Å². The predicted octanol–water partition coefficient (Wildman–Crippen LogP) is 0.0810. The molecule has 0 bridgehead atoms. The molecule has 0 amide bonds. The van der Waals surface area contributed by atoms with E-state index in [-0.39, 0.29) is 6.04 Å². The molecule has 0 saturated carbocycles. The number of aromatic amines is 1. The van der Waals surface area contributed by atoms with E-state index in [1.807, 2.05) is 0 Å². The average molecular weight is 248 g/mol. The number of aromatic nitrogens is 5. The molecule has 2 N–H and O–H groups in total. The Labute approximate surface area is 103 Å². The second-order valence-electron chi connectivity index (χ2n) is 3.84. The summed E-state index contributed by atoms with van der Waals surface area (Å²) in [6.45, 7) is 1.35. The maximum absolute atomic E-state index is 5.21. The molecule has 1 aliphatic heterocycles. The first-order valence-electron chi connectivity index (χ1n) is 5.48. The van der Waals surface area contributed by atoms with E-state index in [0.29, 0.717) is 36.3 Å². The molecule has 0 radical (unpaired) electrons. The summed E-state index contributed by atoms with van der Waals surface area (Å²) in [5.41, 5.74) is 0.588. The molecule has 1 fully saturated rings. The Kier molecular flexibility index (Phi) is 2.77. The second-order valence-corrected chi connectivity index (χ2v) is 3.84. The fourth-order valence-electron chi connectivity index (χ4n) is 1.57. The van der Waals surface area contributed by atoms with Gasteiger partial charge in [0.2, 0.25) is 0 Å². The minimum absolute atomic E-state index is 0.263. The van der Waals surface area contributed by atoms with Crippen molar-refractivity contribution in [2.24, 2.45) is 0 Å². The van der Waals surface area contributed by atoms with Gasteiger partial charge in [0.05, 0.1) is 38.8 Å². The molecule has 0 spiro atoms. The average Bonchev–Trinajstić information content (AvgIpc) is 2.87. The van der Waals surface area contributed by atoms with Gasteiger partial charge in [-0.2, -0.15) is 15.4 Å². The summed E-state index contributed by atoms with van der Waals surface area (Å²) in [5.74, 6) is 1.72. The van der Waals surface area contributed by atoms with Crippen molar-refractivity contribution in [2.45, 2.75) is 6.04 Å². The van der Waals surface area contributed by atoms with Crippen molar-refractivity contribution in [3.05, 3.63) is 12.4 Å². The fourth-order valence-corrected chi connectivity index (χ4v) is 1.57. The third-order valence-electron chi connectivity index (χ3n) is 2.60. The second kappa shape index (κ2) is 4.57. The zero-order chi connectivity index (χ0) is 12.4. The van der Waals surface area contributed by atoms with E-state index in [1.54, 1.807) is 19.5 Å². The van der Waals surface area contributed by atoms with E-state index in [4.69, 9.17) is 9.47 Å². The minimum Gasteiger partial charge on any atom is -0.491 e. The monoisotopic (exact) mass is 248 g/mol. The summed E-state index contributed by atoms with van der Waals surface area (Å²) in [6, 6.07) is 0.263. The Balaban J connectivity index is 1.90. The van der Waals surface area contributed by atoms with Crippen molar-refractivity contribution in [3.8, 4) is 17.3 Å².